The average Bonchev–Trinajstić information content (AvgIpc) is 3.01. The lowest BCUT2D eigenvalue weighted by molar-refractivity contribution is 0.970. The zero-order valence-corrected chi connectivity index (χ0v) is 15.4. The van der Waals surface area contributed by atoms with E-state index in [0.29, 0.717) is 0 Å². The molecule has 0 radical (unpaired) electrons. The van der Waals surface area contributed by atoms with Crippen molar-refractivity contribution in [2.45, 2.75) is 27.2 Å². The Morgan fingerprint density at radius 2 is 2.10 bits per heavy atom. The number of aryl methyl sites for hydroxylation is 2. The molecule has 0 unspecified atom stereocenters. The van der Waals surface area contributed by atoms with E-state index in [1.165, 1.54) is 15.8 Å². The smallest absolute Gasteiger partial charge is 0.173 e. The molecule has 3 rings (SSSR count). The molecule has 0 bridgehead atoms. The topological polar surface area (TPSA) is 37.8 Å². The number of nitrogens with zero attached hydrogens (tertiary/aromatic N) is 2. The lowest BCUT2D eigenvalue weighted by Crippen LogP contribution is -2.04. The zero-order valence-electron chi connectivity index (χ0n) is 12.2. The molecule has 0 aliphatic heterocycles. The van der Waals surface area contributed by atoms with Crippen molar-refractivity contribution in [3.8, 4) is 10.7 Å². The van der Waals surface area contributed by atoms with Crippen LogP contribution in [0.4, 0.5) is 5.82 Å². The zero-order chi connectivity index (χ0) is 15.0. The molecule has 21 heavy (non-hydrogen) atoms. The quantitative estimate of drug-likeness (QED) is 0.636. The van der Waals surface area contributed by atoms with Gasteiger partial charge in [-0.15, -0.1) is 22.7 Å². The minimum absolute atomic E-state index is 0.804. The maximum absolute atomic E-state index is 4.77. The van der Waals surface area contributed by atoms with Gasteiger partial charge in [0.05, 0.1) is 10.3 Å². The summed E-state index contributed by atoms with van der Waals surface area (Å²) in [5.74, 6) is 1.77. The maximum atomic E-state index is 4.77. The summed E-state index contributed by atoms with van der Waals surface area (Å²) in [6, 6.07) is 2.07. The van der Waals surface area contributed by atoms with E-state index in [4.69, 9.17) is 9.97 Å². The highest BCUT2D eigenvalue weighted by Gasteiger charge is 2.16. The van der Waals surface area contributed by atoms with E-state index in [2.05, 4.69) is 53.5 Å². The van der Waals surface area contributed by atoms with Crippen LogP contribution >= 0.6 is 38.6 Å². The number of halogens is 1. The van der Waals surface area contributed by atoms with Gasteiger partial charge in [-0.1, -0.05) is 6.92 Å². The molecule has 0 aromatic carbocycles. The van der Waals surface area contributed by atoms with Gasteiger partial charge in [-0.05, 0) is 47.8 Å². The van der Waals surface area contributed by atoms with Gasteiger partial charge in [-0.2, -0.15) is 0 Å². The Hall–Kier alpha value is -0.980. The molecule has 3 heterocycles. The lowest BCUT2D eigenvalue weighted by Gasteiger charge is -2.08. The summed E-state index contributed by atoms with van der Waals surface area (Å²) < 4.78 is 1.08. The molecular formula is C15H16BrN3S2. The SMILES string of the molecule is CCCNc1nc(-c2cc(Br)cs2)nc2sc(C)c(C)c12. The first-order chi connectivity index (χ1) is 10.1. The highest BCUT2D eigenvalue weighted by atomic mass is 79.9. The van der Waals surface area contributed by atoms with Crippen molar-refractivity contribution in [2.75, 3.05) is 11.9 Å². The van der Waals surface area contributed by atoms with Crippen LogP contribution in [0.2, 0.25) is 0 Å². The fraction of sp³-hybridized carbons (Fsp3) is 0.333. The molecule has 3 aromatic heterocycles. The fourth-order valence-electron chi connectivity index (χ4n) is 2.16. The predicted octanol–water partition coefficient (Wildman–Crippen LogP) is 5.62. The van der Waals surface area contributed by atoms with Crippen LogP contribution in [0.15, 0.2) is 15.9 Å². The van der Waals surface area contributed by atoms with Gasteiger partial charge in [0.15, 0.2) is 5.82 Å². The minimum Gasteiger partial charge on any atom is -0.369 e. The van der Waals surface area contributed by atoms with Crippen LogP contribution in [0.25, 0.3) is 20.9 Å². The van der Waals surface area contributed by atoms with Crippen LogP contribution in [0.1, 0.15) is 23.8 Å². The van der Waals surface area contributed by atoms with Crippen LogP contribution < -0.4 is 5.32 Å². The number of thiophene rings is 2. The first-order valence-electron chi connectivity index (χ1n) is 6.86. The number of hydrogen-bond acceptors (Lipinski definition) is 5. The van der Waals surface area contributed by atoms with Gasteiger partial charge in [0.1, 0.15) is 10.6 Å². The van der Waals surface area contributed by atoms with E-state index in [0.717, 1.165) is 38.8 Å². The van der Waals surface area contributed by atoms with Gasteiger partial charge in [0.2, 0.25) is 0 Å². The van der Waals surface area contributed by atoms with Crippen molar-refractivity contribution in [1.82, 2.24) is 9.97 Å². The van der Waals surface area contributed by atoms with Gasteiger partial charge in [-0.25, -0.2) is 9.97 Å². The summed E-state index contributed by atoms with van der Waals surface area (Å²) in [4.78, 5) is 13.0. The molecule has 0 saturated heterocycles. The normalized spacial score (nSPS) is 11.2. The first-order valence-corrected chi connectivity index (χ1v) is 9.35. The van der Waals surface area contributed by atoms with Crippen LogP contribution in [0.5, 0.6) is 0 Å². The van der Waals surface area contributed by atoms with Crippen molar-refractivity contribution in [3.63, 3.8) is 0 Å². The van der Waals surface area contributed by atoms with Crippen molar-refractivity contribution < 1.29 is 0 Å². The number of rotatable bonds is 4. The summed E-state index contributed by atoms with van der Waals surface area (Å²) in [5.41, 5.74) is 1.28. The molecular weight excluding hydrogens is 366 g/mol. The standard InChI is InChI=1S/C15H16BrN3S2/c1-4-5-17-14-12-8(2)9(3)21-15(12)19-13(18-14)11-6-10(16)7-20-11/h6-7H,4-5H2,1-3H3,(H,17,18,19). The van der Waals surface area contributed by atoms with Crippen molar-refractivity contribution in [2.24, 2.45) is 0 Å². The van der Waals surface area contributed by atoms with Crippen molar-refractivity contribution in [1.29, 1.82) is 0 Å². The van der Waals surface area contributed by atoms with Crippen molar-refractivity contribution >= 4 is 54.6 Å². The summed E-state index contributed by atoms with van der Waals surface area (Å²) in [6.07, 6.45) is 1.08. The molecule has 3 nitrogen and oxygen atoms in total. The Kier molecular flexibility index (Phi) is 4.28. The number of nitrogens with one attached hydrogen (secondary N) is 1. The van der Waals surface area contributed by atoms with Crippen LogP contribution in [0, 0.1) is 13.8 Å². The van der Waals surface area contributed by atoms with Gasteiger partial charge >= 0.3 is 0 Å². The molecule has 0 spiro atoms. The monoisotopic (exact) mass is 381 g/mol. The highest BCUT2D eigenvalue weighted by molar-refractivity contribution is 9.10. The highest BCUT2D eigenvalue weighted by Crippen LogP contribution is 2.36. The molecule has 0 amide bonds. The Morgan fingerprint density at radius 3 is 2.76 bits per heavy atom. The third-order valence-electron chi connectivity index (χ3n) is 3.36. The molecule has 0 saturated carbocycles. The third-order valence-corrected chi connectivity index (χ3v) is 6.15. The summed E-state index contributed by atoms with van der Waals surface area (Å²) in [7, 11) is 0. The van der Waals surface area contributed by atoms with Crippen molar-refractivity contribution in [3.05, 3.63) is 26.4 Å². The third kappa shape index (κ3) is 2.84. The van der Waals surface area contributed by atoms with Gasteiger partial charge in [0.25, 0.3) is 0 Å². The molecule has 0 aliphatic carbocycles. The molecule has 0 aliphatic rings. The molecule has 0 atom stereocenters. The maximum Gasteiger partial charge on any atom is 0.173 e. The Labute approximate surface area is 140 Å². The first kappa shape index (κ1) is 14.9. The summed E-state index contributed by atoms with van der Waals surface area (Å²) in [5, 5.41) is 6.69. The Balaban J connectivity index is 2.19. The molecule has 1 N–H and O–H groups in total. The largest absolute Gasteiger partial charge is 0.369 e. The average molecular weight is 382 g/mol. The van der Waals surface area contributed by atoms with E-state index < -0.39 is 0 Å². The Morgan fingerprint density at radius 1 is 1.29 bits per heavy atom. The van der Waals surface area contributed by atoms with E-state index in [1.807, 2.05) is 0 Å². The molecule has 6 heteroatoms. The predicted molar refractivity (Wildman–Crippen MR) is 96.7 cm³/mol. The molecule has 3 aromatic rings. The number of anilines is 1. The van der Waals surface area contributed by atoms with E-state index >= 15 is 0 Å². The summed E-state index contributed by atoms with van der Waals surface area (Å²) in [6.45, 7) is 7.38. The Bertz CT molecular complexity index is 792. The van der Waals surface area contributed by atoms with Crippen LogP contribution in [0.3, 0.4) is 0 Å². The second kappa shape index (κ2) is 6.02. The number of hydrogen-bond donors (Lipinski definition) is 1. The van der Waals surface area contributed by atoms with E-state index in [1.54, 1.807) is 22.7 Å². The summed E-state index contributed by atoms with van der Waals surface area (Å²) >= 11 is 6.90. The lowest BCUT2D eigenvalue weighted by atomic mass is 10.2. The van der Waals surface area contributed by atoms with E-state index in [-0.39, 0.29) is 0 Å². The van der Waals surface area contributed by atoms with Crippen LogP contribution in [-0.4, -0.2) is 16.5 Å². The van der Waals surface area contributed by atoms with Gasteiger partial charge in [0, 0.05) is 21.3 Å². The number of fused-ring (bicyclic) bond motifs is 1. The molecule has 110 valence electrons. The molecule has 0 fully saturated rings. The fourth-order valence-corrected chi connectivity index (χ4v) is 4.55. The van der Waals surface area contributed by atoms with E-state index in [9.17, 15) is 0 Å². The minimum atomic E-state index is 0.804. The van der Waals surface area contributed by atoms with Gasteiger partial charge in [-0.3, -0.25) is 0 Å². The number of aromatic nitrogens is 2. The van der Waals surface area contributed by atoms with Crippen LogP contribution in [-0.2, 0) is 0 Å². The second-order valence-corrected chi connectivity index (χ2v) is 7.95. The van der Waals surface area contributed by atoms with Gasteiger partial charge < -0.3 is 5.32 Å². The second-order valence-electron chi connectivity index (χ2n) is 4.92.